The molecule has 0 aliphatic heterocycles. The molecule has 3 aromatic carbocycles. The maximum atomic E-state index is 12.2. The van der Waals surface area contributed by atoms with Crippen LogP contribution in [-0.2, 0) is 9.53 Å². The Labute approximate surface area is 176 Å². The molecule has 3 nitrogen and oxygen atoms in total. The van der Waals surface area contributed by atoms with E-state index in [4.69, 9.17) is 22.8 Å². The second-order valence-corrected chi connectivity index (χ2v) is 8.45. The van der Waals surface area contributed by atoms with Gasteiger partial charge in [-0.05, 0) is 79.4 Å². The first-order valence-corrected chi connectivity index (χ1v) is 9.69. The Morgan fingerprint density at radius 2 is 1.79 bits per heavy atom. The van der Waals surface area contributed by atoms with Gasteiger partial charge in [-0.2, -0.15) is 0 Å². The molecule has 148 valence electrons. The zero-order valence-electron chi connectivity index (χ0n) is 16.9. The maximum absolute atomic E-state index is 12.2. The van der Waals surface area contributed by atoms with Crippen LogP contribution in [0.3, 0.4) is 0 Å². The lowest BCUT2D eigenvalue weighted by atomic mass is 9.86. The molecular weight excluding hydrogens is 384 g/mol. The summed E-state index contributed by atoms with van der Waals surface area (Å²) in [4.78, 5) is 12.2. The van der Waals surface area contributed by atoms with E-state index in [1.807, 2.05) is 64.1 Å². The number of hydrogen-bond donors (Lipinski definition) is 1. The second-order valence-electron chi connectivity index (χ2n) is 8.02. The van der Waals surface area contributed by atoms with Gasteiger partial charge in [0.2, 0.25) is 0 Å². The molecule has 0 heterocycles. The van der Waals surface area contributed by atoms with Crippen LogP contribution in [0.5, 0.6) is 0 Å². The number of hydrogen-bond acceptors (Lipinski definition) is 2. The van der Waals surface area contributed by atoms with Crippen molar-refractivity contribution in [2.75, 3.05) is 0 Å². The van der Waals surface area contributed by atoms with Gasteiger partial charge >= 0.3 is 5.97 Å². The van der Waals surface area contributed by atoms with Crippen LogP contribution in [0, 0.1) is 19.3 Å². The second kappa shape index (κ2) is 7.91. The number of fused-ring (bicyclic) bond motifs is 1. The van der Waals surface area contributed by atoms with E-state index in [1.54, 1.807) is 12.1 Å². The van der Waals surface area contributed by atoms with Gasteiger partial charge in [-0.1, -0.05) is 41.8 Å². The van der Waals surface area contributed by atoms with Crippen molar-refractivity contribution in [2.45, 2.75) is 39.4 Å². The zero-order valence-corrected chi connectivity index (χ0v) is 17.7. The molecule has 29 heavy (non-hydrogen) atoms. The van der Waals surface area contributed by atoms with Crippen molar-refractivity contribution in [3.63, 3.8) is 0 Å². The van der Waals surface area contributed by atoms with Crippen LogP contribution in [0.15, 0.2) is 48.5 Å². The molecular formula is C25H23ClO3. The molecule has 0 spiro atoms. The highest BCUT2D eigenvalue weighted by molar-refractivity contribution is 6.30. The number of carboxylic acid groups (broad SMARTS) is 1. The topological polar surface area (TPSA) is 46.5 Å². The summed E-state index contributed by atoms with van der Waals surface area (Å²) < 4.78 is 5.99. The number of carboxylic acids is 1. The first kappa shape index (κ1) is 20.9. The summed E-state index contributed by atoms with van der Waals surface area (Å²) >= 11 is 6.09. The minimum atomic E-state index is -1.13. The van der Waals surface area contributed by atoms with Gasteiger partial charge in [-0.3, -0.25) is 0 Å². The first-order chi connectivity index (χ1) is 13.6. The predicted molar refractivity (Wildman–Crippen MR) is 118 cm³/mol. The van der Waals surface area contributed by atoms with Gasteiger partial charge in [-0.15, -0.1) is 6.42 Å². The van der Waals surface area contributed by atoms with Crippen LogP contribution in [0.2, 0.25) is 5.02 Å². The lowest BCUT2D eigenvalue weighted by Crippen LogP contribution is -2.28. The van der Waals surface area contributed by atoms with E-state index in [-0.39, 0.29) is 0 Å². The van der Waals surface area contributed by atoms with E-state index < -0.39 is 17.7 Å². The van der Waals surface area contributed by atoms with Gasteiger partial charge in [0.1, 0.15) is 0 Å². The summed E-state index contributed by atoms with van der Waals surface area (Å²) in [7, 11) is 0. The van der Waals surface area contributed by atoms with Gasteiger partial charge < -0.3 is 9.84 Å². The quantitative estimate of drug-likeness (QED) is 0.510. The third-order valence-corrected chi connectivity index (χ3v) is 4.90. The highest BCUT2D eigenvalue weighted by Gasteiger charge is 2.31. The first-order valence-electron chi connectivity index (χ1n) is 9.31. The van der Waals surface area contributed by atoms with Crippen LogP contribution >= 0.6 is 11.6 Å². The molecule has 1 unspecified atom stereocenters. The molecule has 0 fully saturated rings. The molecule has 0 amide bonds. The van der Waals surface area contributed by atoms with Crippen molar-refractivity contribution in [3.8, 4) is 23.5 Å². The maximum Gasteiger partial charge on any atom is 0.337 e. The summed E-state index contributed by atoms with van der Waals surface area (Å²) in [5.74, 6) is 1.63. The molecule has 4 heteroatoms. The average Bonchev–Trinajstić information content (AvgIpc) is 2.65. The minimum Gasteiger partial charge on any atom is -0.479 e. The Hall–Kier alpha value is -2.80. The summed E-state index contributed by atoms with van der Waals surface area (Å²) in [6, 6.07) is 15.1. The minimum absolute atomic E-state index is 0.609. The Morgan fingerprint density at radius 3 is 2.34 bits per heavy atom. The average molecular weight is 407 g/mol. The molecule has 0 bridgehead atoms. The summed E-state index contributed by atoms with van der Waals surface area (Å²) in [5, 5.41) is 12.5. The Kier molecular flexibility index (Phi) is 5.71. The lowest BCUT2D eigenvalue weighted by molar-refractivity contribution is -0.160. The molecule has 1 N–H and O–H groups in total. The van der Waals surface area contributed by atoms with E-state index >= 15 is 0 Å². The van der Waals surface area contributed by atoms with Gasteiger partial charge in [-0.25, -0.2) is 4.79 Å². The van der Waals surface area contributed by atoms with Crippen molar-refractivity contribution < 1.29 is 14.6 Å². The monoisotopic (exact) mass is 406 g/mol. The van der Waals surface area contributed by atoms with Crippen molar-refractivity contribution in [1.82, 2.24) is 0 Å². The molecule has 3 rings (SSSR count). The molecule has 3 aromatic rings. The van der Waals surface area contributed by atoms with E-state index in [1.165, 1.54) is 0 Å². The van der Waals surface area contributed by atoms with E-state index in [0.717, 1.165) is 33.0 Å². The van der Waals surface area contributed by atoms with Gasteiger partial charge in [0, 0.05) is 16.1 Å². The number of benzene rings is 3. The fourth-order valence-electron chi connectivity index (χ4n) is 3.49. The third kappa shape index (κ3) is 4.45. The van der Waals surface area contributed by atoms with E-state index in [2.05, 4.69) is 5.92 Å². The lowest BCUT2D eigenvalue weighted by Gasteiger charge is -2.28. The van der Waals surface area contributed by atoms with Crippen LogP contribution < -0.4 is 0 Å². The predicted octanol–water partition coefficient (Wildman–Crippen LogP) is 6.39. The molecule has 0 aliphatic rings. The third-order valence-electron chi connectivity index (χ3n) is 4.65. The fourth-order valence-corrected chi connectivity index (χ4v) is 3.62. The summed E-state index contributed by atoms with van der Waals surface area (Å²) in [6.45, 7) is 7.44. The standard InChI is InChI=1S/C25H23ClO3/c1-6-16-7-8-18-13-15(2)21(23(24(27)28)29-25(3,4)5)22(20(18)14-16)17-9-11-19(26)12-10-17/h1,7-14,23H,2-5H3,(H,27,28). The Balaban J connectivity index is 2.43. The van der Waals surface area contributed by atoms with Crippen molar-refractivity contribution in [1.29, 1.82) is 0 Å². The number of terminal acetylenes is 1. The van der Waals surface area contributed by atoms with Crippen molar-refractivity contribution in [3.05, 3.63) is 70.2 Å². The van der Waals surface area contributed by atoms with Crippen LogP contribution in [0.4, 0.5) is 0 Å². The molecule has 0 saturated heterocycles. The fraction of sp³-hybridized carbons (Fsp3) is 0.240. The number of carbonyl (C=O) groups is 1. The number of aliphatic carboxylic acids is 1. The largest absolute Gasteiger partial charge is 0.479 e. The van der Waals surface area contributed by atoms with Gasteiger partial charge in [0.05, 0.1) is 5.60 Å². The van der Waals surface area contributed by atoms with Gasteiger partial charge in [0.15, 0.2) is 6.10 Å². The highest BCUT2D eigenvalue weighted by atomic mass is 35.5. The summed E-state index contributed by atoms with van der Waals surface area (Å²) in [5.41, 5.74) is 3.21. The molecule has 0 aliphatic carbocycles. The van der Waals surface area contributed by atoms with E-state index in [0.29, 0.717) is 10.6 Å². The van der Waals surface area contributed by atoms with Gasteiger partial charge in [0.25, 0.3) is 0 Å². The van der Waals surface area contributed by atoms with Crippen LogP contribution in [0.1, 0.15) is 43.6 Å². The summed E-state index contributed by atoms with van der Waals surface area (Å²) in [6.07, 6.45) is 4.50. The zero-order chi connectivity index (χ0) is 21.3. The molecule has 1 atom stereocenters. The number of halogens is 1. The van der Waals surface area contributed by atoms with Crippen molar-refractivity contribution in [2.24, 2.45) is 0 Å². The van der Waals surface area contributed by atoms with Crippen LogP contribution in [0.25, 0.3) is 21.9 Å². The van der Waals surface area contributed by atoms with Crippen LogP contribution in [-0.4, -0.2) is 16.7 Å². The smallest absolute Gasteiger partial charge is 0.337 e. The number of aryl methyl sites for hydroxylation is 1. The molecule has 0 saturated carbocycles. The van der Waals surface area contributed by atoms with Crippen molar-refractivity contribution >= 4 is 28.3 Å². The Morgan fingerprint density at radius 1 is 1.14 bits per heavy atom. The Bertz CT molecular complexity index is 1120. The number of rotatable bonds is 4. The number of ether oxygens (including phenoxy) is 1. The molecule has 0 aromatic heterocycles. The SMILES string of the molecule is C#Cc1ccc2cc(C)c(C(OC(C)(C)C)C(=O)O)c(-c3ccc(Cl)cc3)c2c1. The molecule has 0 radical (unpaired) electrons. The van der Waals surface area contributed by atoms with E-state index in [9.17, 15) is 9.90 Å². The highest BCUT2D eigenvalue weighted by Crippen LogP contribution is 2.41. The normalized spacial score (nSPS) is 12.6.